The summed E-state index contributed by atoms with van der Waals surface area (Å²) in [7, 11) is 0.270. The van der Waals surface area contributed by atoms with Gasteiger partial charge in [-0.05, 0) is 19.1 Å². The number of benzene rings is 2. The fraction of sp³-hybridized carbons (Fsp3) is 0.300. The third kappa shape index (κ3) is 5.29. The van der Waals surface area contributed by atoms with Gasteiger partial charge in [0.1, 0.15) is 5.75 Å². The molecule has 2 aromatic rings. The van der Waals surface area contributed by atoms with E-state index >= 15 is 0 Å². The van der Waals surface area contributed by atoms with Crippen LogP contribution in [0, 0.1) is 5.82 Å². The molecule has 0 aliphatic carbocycles. The molecule has 3 rings (SSSR count). The van der Waals surface area contributed by atoms with Gasteiger partial charge in [0.05, 0.1) is 23.3 Å². The summed E-state index contributed by atoms with van der Waals surface area (Å²) in [5.41, 5.74) is 0.327. The van der Waals surface area contributed by atoms with Crippen molar-refractivity contribution in [2.24, 2.45) is 0 Å². The maximum Gasteiger partial charge on any atom is 0.416 e. The highest BCUT2D eigenvalue weighted by atomic mass is 35.5. The second kappa shape index (κ2) is 9.41. The Kier molecular flexibility index (Phi) is 7.00. The first-order valence-corrected chi connectivity index (χ1v) is 11.5. The van der Waals surface area contributed by atoms with Gasteiger partial charge in [-0.1, -0.05) is 23.7 Å². The van der Waals surface area contributed by atoms with Crippen molar-refractivity contribution in [1.82, 2.24) is 14.5 Å². The molecule has 0 saturated carbocycles. The van der Waals surface area contributed by atoms with Crippen LogP contribution in [-0.4, -0.2) is 51.5 Å². The Morgan fingerprint density at radius 2 is 2.03 bits per heavy atom. The van der Waals surface area contributed by atoms with Crippen molar-refractivity contribution in [2.75, 3.05) is 25.9 Å². The lowest BCUT2D eigenvalue weighted by Gasteiger charge is -2.34. The third-order valence-electron chi connectivity index (χ3n) is 4.91. The molecular formula is C20H22ClFN4O6S. The highest BCUT2D eigenvalue weighted by Crippen LogP contribution is 2.41. The van der Waals surface area contributed by atoms with Crippen molar-refractivity contribution in [3.05, 3.63) is 52.3 Å². The summed E-state index contributed by atoms with van der Waals surface area (Å²) in [6, 6.07) is 6.43. The summed E-state index contributed by atoms with van der Waals surface area (Å²) in [6.45, 7) is 1.50. The molecule has 33 heavy (non-hydrogen) atoms. The van der Waals surface area contributed by atoms with Gasteiger partial charge < -0.3 is 14.4 Å². The average Bonchev–Trinajstić information content (AvgIpc) is 2.74. The molecule has 0 bridgehead atoms. The Hall–Kier alpha value is -3.09. The van der Waals surface area contributed by atoms with E-state index in [9.17, 15) is 22.4 Å². The van der Waals surface area contributed by atoms with Crippen LogP contribution < -0.4 is 18.9 Å². The van der Waals surface area contributed by atoms with Crippen LogP contribution in [-0.2, 0) is 16.8 Å². The summed E-state index contributed by atoms with van der Waals surface area (Å²) in [6.07, 6.45) is -1.42. The molecule has 2 amide bonds. The van der Waals surface area contributed by atoms with Crippen LogP contribution in [0.1, 0.15) is 24.1 Å². The minimum absolute atomic E-state index is 0.0260. The average molecular weight is 501 g/mol. The quantitative estimate of drug-likeness (QED) is 0.627. The van der Waals surface area contributed by atoms with Crippen LogP contribution >= 0.6 is 11.6 Å². The summed E-state index contributed by atoms with van der Waals surface area (Å²) in [5.74, 6) is -0.644. The second-order valence-electron chi connectivity index (χ2n) is 7.34. The molecule has 0 aromatic heterocycles. The second-order valence-corrected chi connectivity index (χ2v) is 9.37. The molecule has 0 radical (unpaired) electrons. The van der Waals surface area contributed by atoms with Crippen LogP contribution in [0.5, 0.6) is 11.5 Å². The van der Waals surface area contributed by atoms with Gasteiger partial charge in [-0.15, -0.1) is 0 Å². The third-order valence-corrected chi connectivity index (χ3v) is 6.23. The van der Waals surface area contributed by atoms with E-state index in [0.29, 0.717) is 5.56 Å². The first-order chi connectivity index (χ1) is 15.4. The van der Waals surface area contributed by atoms with Crippen molar-refractivity contribution in [3.8, 4) is 11.5 Å². The number of hydrogen-bond acceptors (Lipinski definition) is 6. The number of nitrogens with zero attached hydrogens (tertiary/aromatic N) is 2. The van der Waals surface area contributed by atoms with Crippen LogP contribution in [0.3, 0.4) is 0 Å². The number of fused-ring (bicyclic) bond motifs is 1. The monoisotopic (exact) mass is 500 g/mol. The molecule has 0 unspecified atom stereocenters. The molecule has 1 heterocycles. The van der Waals surface area contributed by atoms with E-state index in [0.717, 1.165) is 0 Å². The van der Waals surface area contributed by atoms with Gasteiger partial charge in [-0.25, -0.2) is 18.7 Å². The zero-order valence-corrected chi connectivity index (χ0v) is 19.8. The lowest BCUT2D eigenvalue weighted by molar-refractivity contribution is 0.116. The predicted molar refractivity (Wildman–Crippen MR) is 119 cm³/mol. The largest absolute Gasteiger partial charge is 0.416 e. The van der Waals surface area contributed by atoms with E-state index in [1.165, 1.54) is 61.3 Å². The zero-order valence-electron chi connectivity index (χ0n) is 18.2. The smallest absolute Gasteiger partial charge is 0.410 e. The van der Waals surface area contributed by atoms with Crippen molar-refractivity contribution in [1.29, 1.82) is 0 Å². The number of amides is 2. The number of ether oxygens (including phenoxy) is 2. The minimum atomic E-state index is -3.93. The van der Waals surface area contributed by atoms with Crippen molar-refractivity contribution >= 4 is 39.7 Å². The van der Waals surface area contributed by atoms with E-state index in [-0.39, 0.29) is 34.3 Å². The highest BCUT2D eigenvalue weighted by molar-refractivity contribution is 7.90. The van der Waals surface area contributed by atoms with Crippen LogP contribution in [0.15, 0.2) is 30.3 Å². The molecule has 0 spiro atoms. The SMILES string of the molecule is CNS(=O)(=O)Nc1cccc(CN2C(=O)Oc3cc(OC(=O)N(C)C)c(Cl)cc3[C@@H]2C)c1F. The molecule has 2 N–H and O–H groups in total. The number of rotatable bonds is 6. The van der Waals surface area contributed by atoms with Gasteiger partial charge in [-0.2, -0.15) is 8.42 Å². The fourth-order valence-corrected chi connectivity index (χ4v) is 3.83. The molecule has 10 nitrogen and oxygen atoms in total. The standard InChI is InChI=1S/C20H22ClFN4O6S/c1-11-13-8-14(21)17(32-19(27)25(3)4)9-16(13)31-20(28)26(11)10-12-6-5-7-15(18(12)22)24-33(29,30)23-2/h5-9,11,23-24H,10H2,1-4H3/t11-/m0/s1. The van der Waals surface area contributed by atoms with E-state index in [4.69, 9.17) is 21.1 Å². The topological polar surface area (TPSA) is 117 Å². The van der Waals surface area contributed by atoms with Gasteiger partial charge in [0.25, 0.3) is 10.2 Å². The lowest BCUT2D eigenvalue weighted by Crippen LogP contribution is -2.39. The number of carbonyl (C=O) groups excluding carboxylic acids is 2. The van der Waals surface area contributed by atoms with Gasteiger partial charge in [0, 0.05) is 38.3 Å². The van der Waals surface area contributed by atoms with Crippen LogP contribution in [0.25, 0.3) is 0 Å². The summed E-state index contributed by atoms with van der Waals surface area (Å²) >= 11 is 6.26. The van der Waals surface area contributed by atoms with Gasteiger partial charge >= 0.3 is 12.2 Å². The van der Waals surface area contributed by atoms with Gasteiger partial charge in [0.15, 0.2) is 11.6 Å². The lowest BCUT2D eigenvalue weighted by atomic mass is 10.0. The number of anilines is 1. The van der Waals surface area contributed by atoms with Crippen molar-refractivity contribution in [2.45, 2.75) is 19.5 Å². The van der Waals surface area contributed by atoms with E-state index < -0.39 is 34.3 Å². The predicted octanol–water partition coefficient (Wildman–Crippen LogP) is 3.49. The summed E-state index contributed by atoms with van der Waals surface area (Å²) < 4.78 is 53.0. The number of hydrogen-bond donors (Lipinski definition) is 2. The Morgan fingerprint density at radius 3 is 2.67 bits per heavy atom. The molecule has 0 saturated heterocycles. The Balaban J connectivity index is 1.88. The maximum atomic E-state index is 14.9. The van der Waals surface area contributed by atoms with Crippen LogP contribution in [0.4, 0.5) is 19.7 Å². The van der Waals surface area contributed by atoms with Crippen molar-refractivity contribution in [3.63, 3.8) is 0 Å². The van der Waals surface area contributed by atoms with Gasteiger partial charge in [-0.3, -0.25) is 9.62 Å². The van der Waals surface area contributed by atoms with E-state index in [1.54, 1.807) is 6.92 Å². The summed E-state index contributed by atoms with van der Waals surface area (Å²) in [5, 5.41) is 0.128. The summed E-state index contributed by atoms with van der Waals surface area (Å²) in [4.78, 5) is 27.0. The molecule has 13 heteroatoms. The van der Waals surface area contributed by atoms with E-state index in [1.807, 2.05) is 4.72 Å². The zero-order chi connectivity index (χ0) is 24.5. The molecule has 1 aliphatic heterocycles. The molecular weight excluding hydrogens is 479 g/mol. The van der Waals surface area contributed by atoms with Crippen LogP contribution in [0.2, 0.25) is 5.02 Å². The minimum Gasteiger partial charge on any atom is -0.410 e. The number of nitrogens with one attached hydrogen (secondary N) is 2. The molecule has 1 atom stereocenters. The molecule has 0 fully saturated rings. The van der Waals surface area contributed by atoms with Crippen molar-refractivity contribution < 1.29 is 31.9 Å². The number of halogens is 2. The Morgan fingerprint density at radius 1 is 1.33 bits per heavy atom. The Labute approximate surface area is 195 Å². The first-order valence-electron chi connectivity index (χ1n) is 9.63. The fourth-order valence-electron chi connectivity index (χ4n) is 3.07. The van der Waals surface area contributed by atoms with E-state index in [2.05, 4.69) is 4.72 Å². The first kappa shape index (κ1) is 24.6. The highest BCUT2D eigenvalue weighted by Gasteiger charge is 2.33. The molecule has 178 valence electrons. The maximum absolute atomic E-state index is 14.9. The molecule has 1 aliphatic rings. The number of carbonyl (C=O) groups is 2. The Bertz CT molecular complexity index is 1210. The normalized spacial score (nSPS) is 15.5. The molecule has 2 aromatic carbocycles. The van der Waals surface area contributed by atoms with Gasteiger partial charge in [0.2, 0.25) is 0 Å².